The third-order valence-corrected chi connectivity index (χ3v) is 2.66. The minimum Gasteiger partial charge on any atom is -0.390 e. The van der Waals surface area contributed by atoms with Crippen molar-refractivity contribution in [1.82, 2.24) is 4.98 Å². The van der Waals surface area contributed by atoms with Crippen molar-refractivity contribution >= 4 is 27.5 Å². The van der Waals surface area contributed by atoms with E-state index in [1.165, 1.54) is 6.07 Å². The Bertz CT molecular complexity index is 335. The summed E-state index contributed by atoms with van der Waals surface area (Å²) in [6.07, 6.45) is -2.65. The Balaban J connectivity index is 3.24. The van der Waals surface area contributed by atoms with Gasteiger partial charge in [-0.25, -0.2) is 13.8 Å². The molecule has 0 unspecified atom stereocenters. The molecule has 2 nitrogen and oxygen atoms in total. The van der Waals surface area contributed by atoms with Gasteiger partial charge in [0, 0.05) is 10.0 Å². The first-order valence-electron chi connectivity index (χ1n) is 3.73. The molecule has 0 bridgehead atoms. The standard InChI is InChI=1S/C8H7BrClF2NO/c9-5-1-6(8(11)12)13-7(3-14)4(5)2-10/h1,8,14H,2-3H2. The van der Waals surface area contributed by atoms with Crippen molar-refractivity contribution in [3.63, 3.8) is 0 Å². The van der Waals surface area contributed by atoms with Gasteiger partial charge < -0.3 is 5.11 Å². The fraction of sp³-hybridized carbons (Fsp3) is 0.375. The molecule has 0 saturated carbocycles. The van der Waals surface area contributed by atoms with Crippen LogP contribution in [-0.2, 0) is 12.5 Å². The van der Waals surface area contributed by atoms with Crippen LogP contribution in [0.5, 0.6) is 0 Å². The second-order valence-electron chi connectivity index (χ2n) is 2.55. The first kappa shape index (κ1) is 11.8. The molecule has 14 heavy (non-hydrogen) atoms. The zero-order valence-corrected chi connectivity index (χ0v) is 9.32. The van der Waals surface area contributed by atoms with Crippen LogP contribution in [0.3, 0.4) is 0 Å². The summed E-state index contributed by atoms with van der Waals surface area (Å²) in [5.74, 6) is 0.118. The summed E-state index contributed by atoms with van der Waals surface area (Å²) in [7, 11) is 0. The lowest BCUT2D eigenvalue weighted by atomic mass is 10.2. The predicted octanol–water partition coefficient (Wildman–Crippen LogP) is 3.01. The third kappa shape index (κ3) is 2.40. The van der Waals surface area contributed by atoms with E-state index in [4.69, 9.17) is 16.7 Å². The number of pyridine rings is 1. The van der Waals surface area contributed by atoms with Gasteiger partial charge in [0.25, 0.3) is 6.43 Å². The van der Waals surface area contributed by atoms with Crippen LogP contribution < -0.4 is 0 Å². The van der Waals surface area contributed by atoms with E-state index in [-0.39, 0.29) is 17.3 Å². The topological polar surface area (TPSA) is 33.1 Å². The summed E-state index contributed by atoms with van der Waals surface area (Å²) in [6.45, 7) is -0.402. The number of aromatic nitrogens is 1. The van der Waals surface area contributed by atoms with Crippen LogP contribution in [0.2, 0.25) is 0 Å². The molecule has 0 aliphatic heterocycles. The van der Waals surface area contributed by atoms with Gasteiger partial charge in [-0.3, -0.25) is 0 Å². The first-order valence-corrected chi connectivity index (χ1v) is 5.06. The number of hydrogen-bond donors (Lipinski definition) is 1. The maximum Gasteiger partial charge on any atom is 0.280 e. The zero-order valence-electron chi connectivity index (χ0n) is 6.98. The number of alkyl halides is 3. The fourth-order valence-electron chi connectivity index (χ4n) is 0.994. The van der Waals surface area contributed by atoms with E-state index >= 15 is 0 Å². The average Bonchev–Trinajstić information content (AvgIpc) is 2.16. The lowest BCUT2D eigenvalue weighted by molar-refractivity contribution is 0.145. The molecule has 1 heterocycles. The summed E-state index contributed by atoms with van der Waals surface area (Å²) in [6, 6.07) is 1.21. The minimum atomic E-state index is -2.65. The van der Waals surface area contributed by atoms with Crippen molar-refractivity contribution in [2.75, 3.05) is 0 Å². The van der Waals surface area contributed by atoms with Crippen LogP contribution in [-0.4, -0.2) is 10.1 Å². The summed E-state index contributed by atoms with van der Waals surface area (Å²) < 4.78 is 25.0. The molecule has 1 N–H and O–H groups in total. The largest absolute Gasteiger partial charge is 0.390 e. The predicted molar refractivity (Wildman–Crippen MR) is 52.4 cm³/mol. The van der Waals surface area contributed by atoms with E-state index in [1.807, 2.05) is 0 Å². The summed E-state index contributed by atoms with van der Waals surface area (Å²) in [5.41, 5.74) is 0.359. The molecule has 78 valence electrons. The highest BCUT2D eigenvalue weighted by atomic mass is 79.9. The van der Waals surface area contributed by atoms with Crippen molar-refractivity contribution < 1.29 is 13.9 Å². The Hall–Kier alpha value is -0.260. The Kier molecular flexibility index (Phi) is 4.22. The monoisotopic (exact) mass is 285 g/mol. The number of nitrogens with zero attached hydrogens (tertiary/aromatic N) is 1. The molecule has 0 saturated heterocycles. The van der Waals surface area contributed by atoms with Crippen molar-refractivity contribution in [3.8, 4) is 0 Å². The number of hydrogen-bond acceptors (Lipinski definition) is 2. The quantitative estimate of drug-likeness (QED) is 0.867. The van der Waals surface area contributed by atoms with E-state index in [0.717, 1.165) is 0 Å². The maximum atomic E-state index is 12.3. The Morgan fingerprint density at radius 2 is 2.21 bits per heavy atom. The second kappa shape index (κ2) is 5.00. The molecule has 0 atom stereocenters. The number of aliphatic hydroxyl groups excluding tert-OH is 1. The second-order valence-corrected chi connectivity index (χ2v) is 3.67. The van der Waals surface area contributed by atoms with Gasteiger partial charge in [-0.15, -0.1) is 11.6 Å². The lowest BCUT2D eigenvalue weighted by Gasteiger charge is -2.08. The minimum absolute atomic E-state index is 0.118. The lowest BCUT2D eigenvalue weighted by Crippen LogP contribution is -2.02. The van der Waals surface area contributed by atoms with Crippen LogP contribution in [0.15, 0.2) is 10.5 Å². The maximum absolute atomic E-state index is 12.3. The van der Waals surface area contributed by atoms with Gasteiger partial charge in [-0.05, 0) is 6.07 Å². The summed E-state index contributed by atoms with van der Waals surface area (Å²) >= 11 is 8.68. The van der Waals surface area contributed by atoms with Crippen LogP contribution in [0.1, 0.15) is 23.4 Å². The average molecular weight is 287 g/mol. The number of halogens is 4. The highest BCUT2D eigenvalue weighted by Gasteiger charge is 2.15. The molecule has 0 aliphatic carbocycles. The molecule has 1 aromatic rings. The molecular weight excluding hydrogens is 279 g/mol. The number of rotatable bonds is 3. The summed E-state index contributed by atoms with van der Waals surface area (Å²) in [5, 5.41) is 8.89. The van der Waals surface area contributed by atoms with E-state index in [2.05, 4.69) is 20.9 Å². The molecule has 0 aliphatic rings. The Morgan fingerprint density at radius 1 is 1.57 bits per heavy atom. The SMILES string of the molecule is OCc1nc(C(F)F)cc(Br)c1CCl. The first-order chi connectivity index (χ1) is 6.60. The van der Waals surface area contributed by atoms with E-state index in [0.29, 0.717) is 10.0 Å². The van der Waals surface area contributed by atoms with Gasteiger partial charge in [0.1, 0.15) is 5.69 Å². The Labute approximate surface area is 93.0 Å². The van der Waals surface area contributed by atoms with Crippen LogP contribution in [0.4, 0.5) is 8.78 Å². The number of aliphatic hydroxyl groups is 1. The van der Waals surface area contributed by atoms with Crippen LogP contribution >= 0.6 is 27.5 Å². The summed E-state index contributed by atoms with van der Waals surface area (Å²) in [4.78, 5) is 3.61. The molecule has 0 amide bonds. The van der Waals surface area contributed by atoms with Crippen LogP contribution in [0.25, 0.3) is 0 Å². The van der Waals surface area contributed by atoms with Crippen molar-refractivity contribution in [1.29, 1.82) is 0 Å². The highest BCUT2D eigenvalue weighted by Crippen LogP contribution is 2.27. The van der Waals surface area contributed by atoms with E-state index in [1.54, 1.807) is 0 Å². The van der Waals surface area contributed by atoms with Gasteiger partial charge in [-0.1, -0.05) is 15.9 Å². The van der Waals surface area contributed by atoms with E-state index < -0.39 is 13.0 Å². The zero-order chi connectivity index (χ0) is 10.7. The van der Waals surface area contributed by atoms with Crippen molar-refractivity contribution in [2.45, 2.75) is 18.9 Å². The molecular formula is C8H7BrClF2NO. The van der Waals surface area contributed by atoms with Gasteiger partial charge in [0.15, 0.2) is 0 Å². The van der Waals surface area contributed by atoms with Gasteiger partial charge >= 0.3 is 0 Å². The molecule has 0 fully saturated rings. The molecule has 0 radical (unpaired) electrons. The third-order valence-electron chi connectivity index (χ3n) is 1.68. The normalized spacial score (nSPS) is 11.0. The fourth-order valence-corrected chi connectivity index (χ4v) is 2.06. The van der Waals surface area contributed by atoms with Gasteiger partial charge in [-0.2, -0.15) is 0 Å². The van der Waals surface area contributed by atoms with E-state index in [9.17, 15) is 8.78 Å². The molecule has 1 aromatic heterocycles. The van der Waals surface area contributed by atoms with Gasteiger partial charge in [0.05, 0.1) is 18.2 Å². The smallest absolute Gasteiger partial charge is 0.280 e. The molecule has 0 spiro atoms. The Morgan fingerprint density at radius 3 is 2.64 bits per heavy atom. The van der Waals surface area contributed by atoms with Crippen LogP contribution in [0, 0.1) is 0 Å². The molecule has 6 heteroatoms. The van der Waals surface area contributed by atoms with Crippen molar-refractivity contribution in [2.24, 2.45) is 0 Å². The molecule has 1 rings (SSSR count). The van der Waals surface area contributed by atoms with Crippen molar-refractivity contribution in [3.05, 3.63) is 27.5 Å². The van der Waals surface area contributed by atoms with Gasteiger partial charge in [0.2, 0.25) is 0 Å². The highest BCUT2D eigenvalue weighted by molar-refractivity contribution is 9.10. The molecule has 0 aromatic carbocycles.